The summed E-state index contributed by atoms with van der Waals surface area (Å²) in [6.07, 6.45) is 2.66. The van der Waals surface area contributed by atoms with Crippen molar-refractivity contribution in [2.24, 2.45) is 0 Å². The lowest BCUT2D eigenvalue weighted by atomic mass is 9.89. The van der Waals surface area contributed by atoms with E-state index >= 15 is 0 Å². The third kappa shape index (κ3) is 3.37. The summed E-state index contributed by atoms with van der Waals surface area (Å²) in [6, 6.07) is 8.68. The van der Waals surface area contributed by atoms with Gasteiger partial charge in [0.15, 0.2) is 0 Å². The number of benzene rings is 1. The third-order valence-electron chi connectivity index (χ3n) is 3.01. The van der Waals surface area contributed by atoms with E-state index in [1.165, 1.54) is 0 Å². The molecule has 1 saturated carbocycles. The molecule has 1 aliphatic carbocycles. The molecule has 1 aliphatic rings. The Balaban J connectivity index is 1.81. The quantitative estimate of drug-likeness (QED) is 0.822. The van der Waals surface area contributed by atoms with E-state index in [1.54, 1.807) is 0 Å². The van der Waals surface area contributed by atoms with Gasteiger partial charge in [0.1, 0.15) is 5.75 Å². The Morgan fingerprint density at radius 3 is 2.76 bits per heavy atom. The minimum Gasteiger partial charge on any atom is -0.494 e. The van der Waals surface area contributed by atoms with Gasteiger partial charge in [-0.05, 0) is 38.8 Å². The van der Waals surface area contributed by atoms with Gasteiger partial charge >= 0.3 is 0 Å². The molecule has 0 saturated heterocycles. The van der Waals surface area contributed by atoms with E-state index < -0.39 is 0 Å². The van der Waals surface area contributed by atoms with Crippen LogP contribution in [0.15, 0.2) is 24.3 Å². The number of rotatable bonds is 6. The molecule has 0 heterocycles. The smallest absolute Gasteiger partial charge is 0.121 e. The van der Waals surface area contributed by atoms with Crippen LogP contribution in [-0.4, -0.2) is 25.4 Å². The second kappa shape index (κ2) is 5.92. The Hall–Kier alpha value is -1.22. The van der Waals surface area contributed by atoms with Gasteiger partial charge < -0.3 is 14.8 Å². The van der Waals surface area contributed by atoms with Crippen molar-refractivity contribution in [2.45, 2.75) is 38.8 Å². The molecular formula is C14H21NO2. The predicted octanol–water partition coefficient (Wildman–Crippen LogP) is 3.06. The van der Waals surface area contributed by atoms with Gasteiger partial charge in [0, 0.05) is 24.4 Å². The molecule has 3 heteroatoms. The summed E-state index contributed by atoms with van der Waals surface area (Å²) in [5.74, 6) is 0.929. The van der Waals surface area contributed by atoms with Gasteiger partial charge in [0.25, 0.3) is 0 Å². The first-order valence-corrected chi connectivity index (χ1v) is 6.42. The molecule has 0 radical (unpaired) electrons. The zero-order valence-corrected chi connectivity index (χ0v) is 10.6. The number of anilines is 1. The zero-order valence-electron chi connectivity index (χ0n) is 10.6. The fraction of sp³-hybridized carbons (Fsp3) is 0.571. The van der Waals surface area contributed by atoms with Crippen molar-refractivity contribution < 1.29 is 9.47 Å². The average molecular weight is 235 g/mol. The molecule has 0 spiro atoms. The van der Waals surface area contributed by atoms with Crippen LogP contribution in [0.2, 0.25) is 0 Å². The van der Waals surface area contributed by atoms with Gasteiger partial charge in [-0.1, -0.05) is 6.07 Å². The van der Waals surface area contributed by atoms with Crippen molar-refractivity contribution >= 4 is 5.69 Å². The van der Waals surface area contributed by atoms with Crippen LogP contribution < -0.4 is 10.1 Å². The summed E-state index contributed by atoms with van der Waals surface area (Å²) in [4.78, 5) is 0. The van der Waals surface area contributed by atoms with Crippen LogP contribution in [-0.2, 0) is 4.74 Å². The molecule has 94 valence electrons. The van der Waals surface area contributed by atoms with Gasteiger partial charge in [0.2, 0.25) is 0 Å². The molecule has 2 rings (SSSR count). The number of nitrogens with one attached hydrogen (secondary N) is 1. The average Bonchev–Trinajstić information content (AvgIpc) is 2.27. The summed E-state index contributed by atoms with van der Waals surface area (Å²) < 4.78 is 11.0. The van der Waals surface area contributed by atoms with E-state index in [-0.39, 0.29) is 0 Å². The minimum absolute atomic E-state index is 0.451. The molecule has 1 N–H and O–H groups in total. The van der Waals surface area contributed by atoms with Crippen LogP contribution in [0.3, 0.4) is 0 Å². The molecule has 17 heavy (non-hydrogen) atoms. The van der Waals surface area contributed by atoms with Crippen LogP contribution in [0.25, 0.3) is 0 Å². The van der Waals surface area contributed by atoms with Gasteiger partial charge in [-0.3, -0.25) is 0 Å². The van der Waals surface area contributed by atoms with E-state index in [1.807, 2.05) is 26.0 Å². The first-order chi connectivity index (χ1) is 8.31. The molecule has 0 unspecified atom stereocenters. The summed E-state index contributed by atoms with van der Waals surface area (Å²) in [5.41, 5.74) is 1.14. The standard InChI is InChI=1S/C14H21NO2/c1-3-16-13-7-5-6-11(8-13)15-12-9-14(10-12)17-4-2/h5-8,12,14-15H,3-4,9-10H2,1-2H3. The summed E-state index contributed by atoms with van der Waals surface area (Å²) >= 11 is 0. The molecule has 3 nitrogen and oxygen atoms in total. The first kappa shape index (κ1) is 12.2. The van der Waals surface area contributed by atoms with Gasteiger partial charge in [0.05, 0.1) is 12.7 Å². The maximum atomic E-state index is 5.54. The molecule has 1 fully saturated rings. The molecule has 0 aliphatic heterocycles. The molecule has 0 bridgehead atoms. The SMILES string of the molecule is CCOc1cccc(NC2CC(OCC)C2)c1. The second-order valence-electron chi connectivity index (χ2n) is 4.35. The van der Waals surface area contributed by atoms with Gasteiger partial charge in [-0.15, -0.1) is 0 Å². The lowest BCUT2D eigenvalue weighted by Crippen LogP contribution is -2.40. The van der Waals surface area contributed by atoms with Crippen LogP contribution in [0.5, 0.6) is 5.75 Å². The fourth-order valence-electron chi connectivity index (χ4n) is 2.13. The molecule has 1 aromatic rings. The molecule has 0 amide bonds. The van der Waals surface area contributed by atoms with E-state index in [9.17, 15) is 0 Å². The van der Waals surface area contributed by atoms with Crippen molar-refractivity contribution in [3.8, 4) is 5.75 Å². The Morgan fingerprint density at radius 1 is 1.24 bits per heavy atom. The first-order valence-electron chi connectivity index (χ1n) is 6.42. The Labute approximate surface area is 103 Å². The summed E-state index contributed by atoms with van der Waals surface area (Å²) in [7, 11) is 0. The lowest BCUT2D eigenvalue weighted by molar-refractivity contribution is 0.00299. The number of ether oxygens (including phenoxy) is 2. The van der Waals surface area contributed by atoms with E-state index in [4.69, 9.17) is 9.47 Å². The van der Waals surface area contributed by atoms with Crippen LogP contribution in [0.4, 0.5) is 5.69 Å². The Kier molecular flexibility index (Phi) is 4.26. The molecule has 0 atom stereocenters. The van der Waals surface area contributed by atoms with Crippen molar-refractivity contribution in [1.29, 1.82) is 0 Å². The number of hydrogen-bond donors (Lipinski definition) is 1. The maximum absolute atomic E-state index is 5.54. The van der Waals surface area contributed by atoms with Crippen molar-refractivity contribution in [3.63, 3.8) is 0 Å². The Morgan fingerprint density at radius 2 is 2.06 bits per heavy atom. The Bertz CT molecular complexity index is 348. The van der Waals surface area contributed by atoms with Gasteiger partial charge in [-0.2, -0.15) is 0 Å². The maximum Gasteiger partial charge on any atom is 0.121 e. The minimum atomic E-state index is 0.451. The largest absolute Gasteiger partial charge is 0.494 e. The van der Waals surface area contributed by atoms with Crippen LogP contribution in [0, 0.1) is 0 Å². The van der Waals surface area contributed by atoms with Crippen LogP contribution in [0.1, 0.15) is 26.7 Å². The molecule has 1 aromatic carbocycles. The second-order valence-corrected chi connectivity index (χ2v) is 4.35. The summed E-state index contributed by atoms with van der Waals surface area (Å²) in [6.45, 7) is 5.57. The lowest BCUT2D eigenvalue weighted by Gasteiger charge is -2.36. The topological polar surface area (TPSA) is 30.5 Å². The highest BCUT2D eigenvalue weighted by Gasteiger charge is 2.29. The monoisotopic (exact) mass is 235 g/mol. The van der Waals surface area contributed by atoms with Crippen LogP contribution >= 0.6 is 0 Å². The predicted molar refractivity (Wildman–Crippen MR) is 69.7 cm³/mol. The van der Waals surface area contributed by atoms with E-state index in [0.29, 0.717) is 18.8 Å². The normalized spacial score (nSPS) is 22.9. The summed E-state index contributed by atoms with van der Waals surface area (Å²) in [5, 5.41) is 3.51. The molecule has 0 aromatic heterocycles. The third-order valence-corrected chi connectivity index (χ3v) is 3.01. The van der Waals surface area contributed by atoms with E-state index in [2.05, 4.69) is 17.4 Å². The highest BCUT2D eigenvalue weighted by atomic mass is 16.5. The highest BCUT2D eigenvalue weighted by Crippen LogP contribution is 2.28. The van der Waals surface area contributed by atoms with Crippen molar-refractivity contribution in [2.75, 3.05) is 18.5 Å². The molecular weight excluding hydrogens is 214 g/mol. The highest BCUT2D eigenvalue weighted by molar-refractivity contribution is 5.49. The zero-order chi connectivity index (χ0) is 12.1. The van der Waals surface area contributed by atoms with Crippen molar-refractivity contribution in [3.05, 3.63) is 24.3 Å². The fourth-order valence-corrected chi connectivity index (χ4v) is 2.13. The van der Waals surface area contributed by atoms with E-state index in [0.717, 1.165) is 30.9 Å². The van der Waals surface area contributed by atoms with Crippen molar-refractivity contribution in [1.82, 2.24) is 0 Å². The number of hydrogen-bond acceptors (Lipinski definition) is 3. The van der Waals surface area contributed by atoms with Gasteiger partial charge in [-0.25, -0.2) is 0 Å².